The van der Waals surface area contributed by atoms with Gasteiger partial charge in [0.15, 0.2) is 0 Å². The molecule has 0 saturated carbocycles. The molecule has 0 aliphatic carbocycles. The maximum absolute atomic E-state index is 11.4. The third kappa shape index (κ3) is 4.18. The van der Waals surface area contributed by atoms with Gasteiger partial charge in [-0.2, -0.15) is 0 Å². The molecular formula is C7H13O3P. The van der Waals surface area contributed by atoms with Gasteiger partial charge in [0.25, 0.3) is 0 Å². The van der Waals surface area contributed by atoms with Gasteiger partial charge in [0.1, 0.15) is 0 Å². The highest BCUT2D eigenvalue weighted by Gasteiger charge is 2.18. The molecule has 0 aromatic carbocycles. The molecule has 0 rings (SSSR count). The summed E-state index contributed by atoms with van der Waals surface area (Å²) in [6.45, 7) is 7.52. The van der Waals surface area contributed by atoms with Gasteiger partial charge >= 0.3 is 7.60 Å². The lowest BCUT2D eigenvalue weighted by Gasteiger charge is -2.10. The van der Waals surface area contributed by atoms with Crippen molar-refractivity contribution in [3.8, 4) is 0 Å². The van der Waals surface area contributed by atoms with E-state index < -0.39 is 7.60 Å². The first-order chi connectivity index (χ1) is 5.18. The van der Waals surface area contributed by atoms with E-state index in [4.69, 9.17) is 9.05 Å². The van der Waals surface area contributed by atoms with Gasteiger partial charge in [-0.1, -0.05) is 6.58 Å². The second-order valence-electron chi connectivity index (χ2n) is 1.71. The Bertz CT molecular complexity index is 184. The minimum atomic E-state index is -3.02. The van der Waals surface area contributed by atoms with Crippen LogP contribution in [0.25, 0.3) is 0 Å². The van der Waals surface area contributed by atoms with Crippen molar-refractivity contribution in [1.82, 2.24) is 0 Å². The van der Waals surface area contributed by atoms with E-state index >= 15 is 0 Å². The fourth-order valence-corrected chi connectivity index (χ4v) is 1.75. The van der Waals surface area contributed by atoms with Crippen LogP contribution < -0.4 is 0 Å². The van der Waals surface area contributed by atoms with Crippen LogP contribution >= 0.6 is 7.60 Å². The third-order valence-corrected chi connectivity index (χ3v) is 2.60. The van der Waals surface area contributed by atoms with Gasteiger partial charge in [-0.3, -0.25) is 4.57 Å². The molecule has 3 nitrogen and oxygen atoms in total. The Morgan fingerprint density at radius 2 is 1.91 bits per heavy atom. The van der Waals surface area contributed by atoms with E-state index in [1.807, 2.05) is 0 Å². The van der Waals surface area contributed by atoms with Crippen molar-refractivity contribution in [3.05, 3.63) is 18.1 Å². The van der Waals surface area contributed by atoms with Gasteiger partial charge < -0.3 is 9.05 Å². The Labute approximate surface area is 67.2 Å². The van der Waals surface area contributed by atoms with Crippen molar-refractivity contribution in [2.45, 2.75) is 13.8 Å². The molecule has 0 heterocycles. The molecule has 0 aliphatic heterocycles. The highest BCUT2D eigenvalue weighted by atomic mass is 31.2. The second-order valence-corrected chi connectivity index (χ2v) is 3.56. The average molecular weight is 176 g/mol. The summed E-state index contributed by atoms with van der Waals surface area (Å²) < 4.78 is 21.2. The topological polar surface area (TPSA) is 35.5 Å². The standard InChI is InChI=1S/C7H13O3P/c1-4-7-11(8,9-5-2)10-6-3/h7H,1,5-6H2,2-3H3. The van der Waals surface area contributed by atoms with E-state index in [0.717, 1.165) is 0 Å². The van der Waals surface area contributed by atoms with Crippen LogP contribution in [-0.4, -0.2) is 13.2 Å². The van der Waals surface area contributed by atoms with E-state index in [1.54, 1.807) is 13.8 Å². The molecule has 0 saturated heterocycles. The largest absolute Gasteiger partial charge is 0.361 e. The second kappa shape index (κ2) is 5.34. The molecule has 4 heteroatoms. The SMILES string of the molecule is C=C=CP(=O)(OCC)OCC. The van der Waals surface area contributed by atoms with Crippen LogP contribution in [0, 0.1) is 0 Å². The molecule has 11 heavy (non-hydrogen) atoms. The lowest BCUT2D eigenvalue weighted by Crippen LogP contribution is -1.91. The summed E-state index contributed by atoms with van der Waals surface area (Å²) in [6, 6.07) is 0. The van der Waals surface area contributed by atoms with Crippen LogP contribution in [0.2, 0.25) is 0 Å². The van der Waals surface area contributed by atoms with Gasteiger partial charge in [-0.25, -0.2) is 0 Å². The molecule has 0 aliphatic rings. The molecular weight excluding hydrogens is 163 g/mol. The van der Waals surface area contributed by atoms with Gasteiger partial charge in [-0.15, -0.1) is 5.73 Å². The van der Waals surface area contributed by atoms with Gasteiger partial charge in [0.05, 0.1) is 19.0 Å². The van der Waals surface area contributed by atoms with E-state index in [2.05, 4.69) is 12.3 Å². The summed E-state index contributed by atoms with van der Waals surface area (Å²) in [4.78, 5) is 0. The molecule has 0 fully saturated rings. The van der Waals surface area contributed by atoms with Gasteiger partial charge in [-0.05, 0) is 13.8 Å². The van der Waals surface area contributed by atoms with Crippen molar-refractivity contribution in [2.24, 2.45) is 0 Å². The lowest BCUT2D eigenvalue weighted by atomic mass is 10.9. The van der Waals surface area contributed by atoms with E-state index in [9.17, 15) is 4.57 Å². The maximum atomic E-state index is 11.4. The fraction of sp³-hybridized carbons (Fsp3) is 0.571. The molecule has 0 radical (unpaired) electrons. The number of hydrogen-bond acceptors (Lipinski definition) is 3. The fourth-order valence-electron chi connectivity index (χ4n) is 0.583. The maximum Gasteiger partial charge on any atom is 0.361 e. The van der Waals surface area contributed by atoms with Gasteiger partial charge in [0, 0.05) is 0 Å². The summed E-state index contributed by atoms with van der Waals surface area (Å²) in [6.07, 6.45) is 0. The monoisotopic (exact) mass is 176 g/mol. The van der Waals surface area contributed by atoms with Crippen molar-refractivity contribution in [1.29, 1.82) is 0 Å². The quantitative estimate of drug-likeness (QED) is 0.477. The molecule has 0 spiro atoms. The molecule has 0 aromatic rings. The Hall–Kier alpha value is -0.330. The normalized spacial score (nSPS) is 10.7. The smallest absolute Gasteiger partial charge is 0.305 e. The molecule has 64 valence electrons. The number of rotatable bonds is 5. The van der Waals surface area contributed by atoms with Crippen LogP contribution in [0.5, 0.6) is 0 Å². The van der Waals surface area contributed by atoms with E-state index in [0.29, 0.717) is 13.2 Å². The summed E-state index contributed by atoms with van der Waals surface area (Å²) in [7, 11) is -3.02. The molecule has 0 aromatic heterocycles. The van der Waals surface area contributed by atoms with Gasteiger partial charge in [0.2, 0.25) is 0 Å². The molecule has 0 amide bonds. The summed E-state index contributed by atoms with van der Waals surface area (Å²) >= 11 is 0. The number of hydrogen-bond donors (Lipinski definition) is 0. The Kier molecular flexibility index (Phi) is 5.18. The minimum absolute atomic E-state index is 0.357. The average Bonchev–Trinajstić information content (AvgIpc) is 1.88. The Morgan fingerprint density at radius 3 is 2.18 bits per heavy atom. The van der Waals surface area contributed by atoms with E-state index in [1.165, 1.54) is 5.82 Å². The van der Waals surface area contributed by atoms with Crippen LogP contribution in [0.3, 0.4) is 0 Å². The Balaban J connectivity index is 4.25. The molecule has 0 N–H and O–H groups in total. The molecule has 0 bridgehead atoms. The van der Waals surface area contributed by atoms with Crippen molar-refractivity contribution < 1.29 is 13.6 Å². The van der Waals surface area contributed by atoms with Crippen LogP contribution in [0.4, 0.5) is 0 Å². The summed E-state index contributed by atoms with van der Waals surface area (Å²) in [5.74, 6) is 1.24. The molecule has 0 unspecified atom stereocenters. The highest BCUT2D eigenvalue weighted by Crippen LogP contribution is 2.48. The highest BCUT2D eigenvalue weighted by molar-refractivity contribution is 7.57. The first kappa shape index (κ1) is 10.7. The summed E-state index contributed by atoms with van der Waals surface area (Å²) in [5, 5.41) is 0. The minimum Gasteiger partial charge on any atom is -0.305 e. The van der Waals surface area contributed by atoms with Crippen molar-refractivity contribution in [2.75, 3.05) is 13.2 Å². The molecule has 0 atom stereocenters. The zero-order valence-corrected chi connectivity index (χ0v) is 7.77. The van der Waals surface area contributed by atoms with Crippen LogP contribution in [-0.2, 0) is 13.6 Å². The first-order valence-electron chi connectivity index (χ1n) is 3.44. The van der Waals surface area contributed by atoms with Crippen LogP contribution in [0.1, 0.15) is 13.8 Å². The lowest BCUT2D eigenvalue weighted by molar-refractivity contribution is 0.229. The zero-order valence-electron chi connectivity index (χ0n) is 6.87. The van der Waals surface area contributed by atoms with Crippen molar-refractivity contribution in [3.63, 3.8) is 0 Å². The van der Waals surface area contributed by atoms with Crippen molar-refractivity contribution >= 4 is 7.60 Å². The van der Waals surface area contributed by atoms with E-state index in [-0.39, 0.29) is 0 Å². The van der Waals surface area contributed by atoms with Crippen LogP contribution in [0.15, 0.2) is 18.1 Å². The zero-order chi connectivity index (χ0) is 8.74. The third-order valence-electron chi connectivity index (χ3n) is 0.867. The first-order valence-corrected chi connectivity index (χ1v) is 5.05. The Morgan fingerprint density at radius 1 is 1.45 bits per heavy atom. The predicted octanol–water partition coefficient (Wildman–Crippen LogP) is 2.55. The predicted molar refractivity (Wildman–Crippen MR) is 44.6 cm³/mol. The summed E-state index contributed by atoms with van der Waals surface area (Å²) in [5.41, 5.74) is 2.39.